The summed E-state index contributed by atoms with van der Waals surface area (Å²) >= 11 is 0. The molecule has 1 saturated heterocycles. The van der Waals surface area contributed by atoms with Gasteiger partial charge in [-0.25, -0.2) is 17.7 Å². The van der Waals surface area contributed by atoms with Gasteiger partial charge in [0.25, 0.3) is 5.91 Å². The van der Waals surface area contributed by atoms with Crippen LogP contribution in [0.4, 0.5) is 5.82 Å². The molecule has 0 aliphatic carbocycles. The second-order valence-electron chi connectivity index (χ2n) is 7.29. The Morgan fingerprint density at radius 1 is 1.33 bits per heavy atom. The lowest BCUT2D eigenvalue weighted by atomic mass is 9.97. The van der Waals surface area contributed by atoms with Crippen molar-refractivity contribution < 1.29 is 13.2 Å². The fraction of sp³-hybridized carbons (Fsp3) is 0.684. The van der Waals surface area contributed by atoms with E-state index in [1.165, 1.54) is 10.6 Å². The van der Waals surface area contributed by atoms with Gasteiger partial charge in [0.15, 0.2) is 0 Å². The fourth-order valence-corrected chi connectivity index (χ4v) is 3.97. The highest BCUT2D eigenvalue weighted by atomic mass is 32.2. The predicted octanol–water partition coefficient (Wildman–Crippen LogP) is 2.06. The van der Waals surface area contributed by atoms with Gasteiger partial charge in [0.2, 0.25) is 10.0 Å². The number of amides is 1. The SMILES string of the molecule is CCCN(CC)c1ccc(C(=O)N2CCCC(CN(C)S(C)(=O)=O)C2)cn1. The molecule has 7 nitrogen and oxygen atoms in total. The van der Waals surface area contributed by atoms with Crippen LogP contribution in [-0.2, 0) is 10.0 Å². The van der Waals surface area contributed by atoms with E-state index in [0.29, 0.717) is 25.2 Å². The molecule has 0 N–H and O–H groups in total. The molecule has 0 radical (unpaired) electrons. The van der Waals surface area contributed by atoms with E-state index in [1.54, 1.807) is 13.2 Å². The topological polar surface area (TPSA) is 73.8 Å². The minimum Gasteiger partial charge on any atom is -0.357 e. The molecule has 1 fully saturated rings. The van der Waals surface area contributed by atoms with Gasteiger partial charge in [0, 0.05) is 46.0 Å². The molecule has 1 amide bonds. The van der Waals surface area contributed by atoms with Crippen molar-refractivity contribution in [2.24, 2.45) is 5.92 Å². The molecule has 27 heavy (non-hydrogen) atoms. The van der Waals surface area contributed by atoms with Gasteiger partial charge in [-0.05, 0) is 44.2 Å². The summed E-state index contributed by atoms with van der Waals surface area (Å²) in [5.74, 6) is 1.02. The third-order valence-electron chi connectivity index (χ3n) is 5.08. The number of nitrogens with zero attached hydrogens (tertiary/aromatic N) is 4. The van der Waals surface area contributed by atoms with Gasteiger partial charge in [0.05, 0.1) is 11.8 Å². The van der Waals surface area contributed by atoms with Crippen molar-refractivity contribution in [3.05, 3.63) is 23.9 Å². The molecule has 1 aromatic rings. The van der Waals surface area contributed by atoms with Crippen molar-refractivity contribution in [3.8, 4) is 0 Å². The first kappa shape index (κ1) is 21.6. The van der Waals surface area contributed by atoms with Crippen molar-refractivity contribution in [1.82, 2.24) is 14.2 Å². The number of sulfonamides is 1. The zero-order chi connectivity index (χ0) is 20.0. The van der Waals surface area contributed by atoms with Crippen LogP contribution in [-0.4, -0.2) is 74.5 Å². The van der Waals surface area contributed by atoms with Gasteiger partial charge in [-0.1, -0.05) is 6.92 Å². The Kier molecular flexibility index (Phi) is 7.61. The number of piperidine rings is 1. The number of carbonyl (C=O) groups excluding carboxylic acids is 1. The van der Waals surface area contributed by atoms with Crippen molar-refractivity contribution in [2.45, 2.75) is 33.1 Å². The zero-order valence-electron chi connectivity index (χ0n) is 16.9. The third-order valence-corrected chi connectivity index (χ3v) is 6.36. The van der Waals surface area contributed by atoms with Crippen LogP contribution in [0.15, 0.2) is 18.3 Å². The Morgan fingerprint density at radius 2 is 2.07 bits per heavy atom. The first-order chi connectivity index (χ1) is 12.8. The summed E-state index contributed by atoms with van der Waals surface area (Å²) in [6.45, 7) is 7.79. The molecule has 0 saturated carbocycles. The number of hydrogen-bond donors (Lipinski definition) is 0. The summed E-state index contributed by atoms with van der Waals surface area (Å²) in [7, 11) is -1.61. The quantitative estimate of drug-likeness (QED) is 0.672. The van der Waals surface area contributed by atoms with E-state index in [4.69, 9.17) is 0 Å². The molecule has 0 aromatic carbocycles. The molecule has 1 unspecified atom stereocenters. The van der Waals surface area contributed by atoms with E-state index in [2.05, 4.69) is 23.7 Å². The Morgan fingerprint density at radius 3 is 2.63 bits per heavy atom. The number of aromatic nitrogens is 1. The Bertz CT molecular complexity index is 721. The van der Waals surface area contributed by atoms with Crippen molar-refractivity contribution in [2.75, 3.05) is 50.9 Å². The highest BCUT2D eigenvalue weighted by Gasteiger charge is 2.27. The number of carbonyl (C=O) groups is 1. The van der Waals surface area contributed by atoms with Crippen LogP contribution in [0.1, 0.15) is 43.5 Å². The van der Waals surface area contributed by atoms with E-state index in [0.717, 1.165) is 38.2 Å². The number of hydrogen-bond acceptors (Lipinski definition) is 5. The molecule has 8 heteroatoms. The summed E-state index contributed by atoms with van der Waals surface area (Å²) in [6, 6.07) is 3.75. The maximum atomic E-state index is 12.8. The molecule has 1 aliphatic rings. The monoisotopic (exact) mass is 396 g/mol. The van der Waals surface area contributed by atoms with Gasteiger partial charge >= 0.3 is 0 Å². The van der Waals surface area contributed by atoms with Crippen LogP contribution in [0.5, 0.6) is 0 Å². The van der Waals surface area contributed by atoms with Crippen LogP contribution >= 0.6 is 0 Å². The molecule has 0 bridgehead atoms. The number of anilines is 1. The van der Waals surface area contributed by atoms with E-state index in [-0.39, 0.29) is 11.8 Å². The van der Waals surface area contributed by atoms with Crippen molar-refractivity contribution in [1.29, 1.82) is 0 Å². The van der Waals surface area contributed by atoms with Gasteiger partial charge in [0.1, 0.15) is 5.82 Å². The molecule has 1 atom stereocenters. The number of likely N-dealkylation sites (tertiary alicyclic amines) is 1. The smallest absolute Gasteiger partial charge is 0.255 e. The molecule has 1 aromatic heterocycles. The molecule has 1 aliphatic heterocycles. The van der Waals surface area contributed by atoms with Crippen molar-refractivity contribution in [3.63, 3.8) is 0 Å². The standard InChI is InChI=1S/C19H32N4O3S/c1-5-11-22(6-2)18-10-9-17(13-20-18)19(24)23-12-7-8-16(15-23)14-21(3)27(4,25)26/h9-10,13,16H,5-8,11-12,14-15H2,1-4H3. The lowest BCUT2D eigenvalue weighted by Gasteiger charge is -2.34. The zero-order valence-corrected chi connectivity index (χ0v) is 17.7. The van der Waals surface area contributed by atoms with Gasteiger partial charge < -0.3 is 9.80 Å². The summed E-state index contributed by atoms with van der Waals surface area (Å²) in [6.07, 6.45) is 5.74. The van der Waals surface area contributed by atoms with Crippen LogP contribution in [0.3, 0.4) is 0 Å². The highest BCUT2D eigenvalue weighted by molar-refractivity contribution is 7.88. The summed E-state index contributed by atoms with van der Waals surface area (Å²) in [5, 5.41) is 0. The van der Waals surface area contributed by atoms with Crippen LogP contribution in [0, 0.1) is 5.92 Å². The minimum atomic E-state index is -3.20. The van der Waals surface area contributed by atoms with E-state index >= 15 is 0 Å². The largest absolute Gasteiger partial charge is 0.357 e. The summed E-state index contributed by atoms with van der Waals surface area (Å²) in [4.78, 5) is 21.3. The number of rotatable bonds is 8. The second kappa shape index (κ2) is 9.50. The first-order valence-corrected chi connectivity index (χ1v) is 11.5. The molecule has 2 rings (SSSR count). The first-order valence-electron chi connectivity index (χ1n) is 9.67. The van der Waals surface area contributed by atoms with Crippen LogP contribution in [0.2, 0.25) is 0 Å². The average Bonchev–Trinajstić information content (AvgIpc) is 2.65. The maximum absolute atomic E-state index is 12.8. The molecule has 2 heterocycles. The predicted molar refractivity (Wildman–Crippen MR) is 109 cm³/mol. The number of pyridine rings is 1. The Hall–Kier alpha value is -1.67. The third kappa shape index (κ3) is 5.90. The lowest BCUT2D eigenvalue weighted by Crippen LogP contribution is -2.44. The summed E-state index contributed by atoms with van der Waals surface area (Å²) in [5.41, 5.74) is 0.586. The Balaban J connectivity index is 2.02. The highest BCUT2D eigenvalue weighted by Crippen LogP contribution is 2.21. The van der Waals surface area contributed by atoms with Crippen LogP contribution < -0.4 is 4.90 Å². The van der Waals surface area contributed by atoms with Crippen LogP contribution in [0.25, 0.3) is 0 Å². The molecule has 0 spiro atoms. The van der Waals surface area contributed by atoms with Gasteiger partial charge in [-0.15, -0.1) is 0 Å². The lowest BCUT2D eigenvalue weighted by molar-refractivity contribution is 0.0664. The molecule has 152 valence electrons. The van der Waals surface area contributed by atoms with E-state index in [9.17, 15) is 13.2 Å². The van der Waals surface area contributed by atoms with Gasteiger partial charge in [-0.2, -0.15) is 0 Å². The van der Waals surface area contributed by atoms with E-state index < -0.39 is 10.0 Å². The second-order valence-corrected chi connectivity index (χ2v) is 9.38. The van der Waals surface area contributed by atoms with E-state index in [1.807, 2.05) is 17.0 Å². The van der Waals surface area contributed by atoms with Crippen molar-refractivity contribution >= 4 is 21.7 Å². The minimum absolute atomic E-state index is 0.0284. The molecular weight excluding hydrogens is 364 g/mol. The Labute approximate surface area is 163 Å². The summed E-state index contributed by atoms with van der Waals surface area (Å²) < 4.78 is 24.6. The molecular formula is C19H32N4O3S. The average molecular weight is 397 g/mol. The van der Waals surface area contributed by atoms with Gasteiger partial charge in [-0.3, -0.25) is 4.79 Å². The maximum Gasteiger partial charge on any atom is 0.255 e. The normalized spacial score (nSPS) is 18.0. The fourth-order valence-electron chi connectivity index (χ4n) is 3.48.